The number of aryl methyl sites for hydroxylation is 1. The third-order valence-electron chi connectivity index (χ3n) is 7.01. The Hall–Kier alpha value is -3.74. The number of ether oxygens (including phenoxy) is 2. The fraction of sp³-hybridized carbons (Fsp3) is 0.433. The van der Waals surface area contributed by atoms with Crippen LogP contribution in [0.25, 0.3) is 0 Å². The van der Waals surface area contributed by atoms with Crippen LogP contribution < -0.4 is 19.5 Å². The highest BCUT2D eigenvalue weighted by Gasteiger charge is 2.23. The van der Waals surface area contributed by atoms with E-state index in [4.69, 9.17) is 9.47 Å². The molecular weight excluding hydrogens is 556 g/mol. The van der Waals surface area contributed by atoms with Crippen molar-refractivity contribution in [1.82, 2.24) is 19.8 Å². The Morgan fingerprint density at radius 3 is 2.38 bits per heavy atom. The molecule has 0 aliphatic carbocycles. The van der Waals surface area contributed by atoms with Crippen LogP contribution in [0.5, 0.6) is 17.4 Å². The summed E-state index contributed by atoms with van der Waals surface area (Å²) in [5.41, 5.74) is 2.25. The number of hydrogen-bond acceptors (Lipinski definition) is 9. The summed E-state index contributed by atoms with van der Waals surface area (Å²) in [7, 11) is -0.0572. The number of nitrogens with one attached hydrogen (secondary N) is 2. The van der Waals surface area contributed by atoms with Gasteiger partial charge in [-0.3, -0.25) is 14.4 Å². The molecule has 0 atom stereocenters. The van der Waals surface area contributed by atoms with Crippen molar-refractivity contribution in [2.45, 2.75) is 39.7 Å². The van der Waals surface area contributed by atoms with Crippen LogP contribution in [0.1, 0.15) is 48.1 Å². The highest BCUT2D eigenvalue weighted by molar-refractivity contribution is 7.92. The number of hydrogen-bond donors (Lipinski definition) is 2. The third kappa shape index (κ3) is 8.17. The van der Waals surface area contributed by atoms with Gasteiger partial charge in [-0.25, -0.2) is 13.4 Å². The number of sulfonamides is 1. The number of carbonyl (C=O) groups excluding carboxylic acids is 1. The molecule has 2 heterocycles. The first-order valence-corrected chi connectivity index (χ1v) is 15.6. The molecule has 42 heavy (non-hydrogen) atoms. The summed E-state index contributed by atoms with van der Waals surface area (Å²) >= 11 is 0. The standard InChI is InChI=1S/C30H40N6O5S/c1-20-8-9-21(16-25(20)41-27-10-11-31-26(33-27)19-36-14-12-35(5)13-15-36)29(37)32-23-17-22(30(2,3)4)18-24(28(23)40-6)34-42(7,38)39/h8-11,16-18,34H,12-15,19H2,1-7H3,(H,32,37). The Morgan fingerprint density at radius 2 is 1.74 bits per heavy atom. The van der Waals surface area contributed by atoms with Gasteiger partial charge in [-0.2, -0.15) is 4.98 Å². The minimum Gasteiger partial charge on any atom is -0.492 e. The maximum atomic E-state index is 13.5. The molecule has 2 aromatic carbocycles. The topological polar surface area (TPSA) is 126 Å². The summed E-state index contributed by atoms with van der Waals surface area (Å²) in [5.74, 6) is 1.35. The maximum absolute atomic E-state index is 13.5. The van der Waals surface area contributed by atoms with Crippen molar-refractivity contribution in [1.29, 1.82) is 0 Å². The average molecular weight is 597 g/mol. The number of benzene rings is 2. The van der Waals surface area contributed by atoms with Gasteiger partial charge in [-0.1, -0.05) is 26.8 Å². The van der Waals surface area contributed by atoms with E-state index in [1.54, 1.807) is 42.6 Å². The van der Waals surface area contributed by atoms with E-state index in [0.29, 0.717) is 35.2 Å². The Morgan fingerprint density at radius 1 is 1.05 bits per heavy atom. The van der Waals surface area contributed by atoms with E-state index in [0.717, 1.165) is 43.6 Å². The fourth-order valence-electron chi connectivity index (χ4n) is 4.53. The number of methoxy groups -OCH3 is 1. The number of piperazine rings is 1. The lowest BCUT2D eigenvalue weighted by atomic mass is 9.86. The summed E-state index contributed by atoms with van der Waals surface area (Å²) in [4.78, 5) is 27.1. The van der Waals surface area contributed by atoms with Crippen LogP contribution in [0.4, 0.5) is 11.4 Å². The first-order chi connectivity index (χ1) is 19.7. The van der Waals surface area contributed by atoms with Crippen molar-refractivity contribution >= 4 is 27.3 Å². The van der Waals surface area contributed by atoms with Gasteiger partial charge >= 0.3 is 0 Å². The quantitative estimate of drug-likeness (QED) is 0.373. The zero-order chi connectivity index (χ0) is 30.7. The summed E-state index contributed by atoms with van der Waals surface area (Å²) in [6, 6.07) is 10.4. The van der Waals surface area contributed by atoms with Crippen LogP contribution in [0.3, 0.4) is 0 Å². The largest absolute Gasteiger partial charge is 0.492 e. The van der Waals surface area contributed by atoms with Crippen molar-refractivity contribution in [3.8, 4) is 17.4 Å². The van der Waals surface area contributed by atoms with E-state index in [1.807, 2.05) is 27.7 Å². The average Bonchev–Trinajstić information content (AvgIpc) is 2.90. The molecule has 12 heteroatoms. The monoisotopic (exact) mass is 596 g/mol. The maximum Gasteiger partial charge on any atom is 0.255 e. The molecule has 0 radical (unpaired) electrons. The van der Waals surface area contributed by atoms with Gasteiger partial charge in [0, 0.05) is 44.0 Å². The minimum absolute atomic E-state index is 0.208. The van der Waals surface area contributed by atoms with Crippen molar-refractivity contribution < 1.29 is 22.7 Å². The number of nitrogens with zero attached hydrogens (tertiary/aromatic N) is 4. The number of amides is 1. The lowest BCUT2D eigenvalue weighted by Crippen LogP contribution is -2.44. The van der Waals surface area contributed by atoms with Crippen molar-refractivity contribution in [2.75, 3.05) is 56.6 Å². The SMILES string of the molecule is COc1c(NC(=O)c2ccc(C)c(Oc3ccnc(CN4CCN(C)CC4)n3)c2)cc(C(C)(C)C)cc1NS(C)(=O)=O. The van der Waals surface area contributed by atoms with Crippen LogP contribution in [0.15, 0.2) is 42.6 Å². The molecule has 1 saturated heterocycles. The van der Waals surface area contributed by atoms with E-state index in [-0.39, 0.29) is 16.9 Å². The van der Waals surface area contributed by atoms with Gasteiger partial charge in [-0.15, -0.1) is 0 Å². The van der Waals surface area contributed by atoms with Crippen LogP contribution in [0.2, 0.25) is 0 Å². The highest BCUT2D eigenvalue weighted by Crippen LogP contribution is 2.39. The van der Waals surface area contributed by atoms with E-state index < -0.39 is 15.9 Å². The van der Waals surface area contributed by atoms with Crippen molar-refractivity contribution in [2.24, 2.45) is 0 Å². The summed E-state index contributed by atoms with van der Waals surface area (Å²) in [6.45, 7) is 12.4. The van der Waals surface area contributed by atoms with Gasteiger partial charge < -0.3 is 19.7 Å². The second kappa shape index (κ2) is 12.6. The highest BCUT2D eigenvalue weighted by atomic mass is 32.2. The van der Waals surface area contributed by atoms with E-state index >= 15 is 0 Å². The first-order valence-electron chi connectivity index (χ1n) is 13.7. The van der Waals surface area contributed by atoms with Crippen LogP contribution in [-0.4, -0.2) is 80.7 Å². The van der Waals surface area contributed by atoms with Gasteiger partial charge in [-0.05, 0) is 54.8 Å². The molecule has 0 saturated carbocycles. The Balaban J connectivity index is 1.57. The molecule has 0 bridgehead atoms. The molecule has 0 unspecified atom stereocenters. The van der Waals surface area contributed by atoms with E-state index in [2.05, 4.69) is 36.9 Å². The third-order valence-corrected chi connectivity index (χ3v) is 7.60. The molecule has 2 N–H and O–H groups in total. The zero-order valence-electron chi connectivity index (χ0n) is 25.3. The van der Waals surface area contributed by atoms with Crippen LogP contribution >= 0.6 is 0 Å². The normalized spacial score (nSPS) is 14.8. The molecule has 11 nitrogen and oxygen atoms in total. The number of aromatic nitrogens is 2. The lowest BCUT2D eigenvalue weighted by Gasteiger charge is -2.31. The first kappa shape index (κ1) is 31.2. The number of rotatable bonds is 9. The molecule has 0 spiro atoms. The molecule has 1 aliphatic rings. The van der Waals surface area contributed by atoms with Crippen molar-refractivity contribution in [3.05, 3.63) is 65.1 Å². The van der Waals surface area contributed by atoms with Gasteiger partial charge in [0.15, 0.2) is 5.75 Å². The second-order valence-corrected chi connectivity index (χ2v) is 13.4. The summed E-state index contributed by atoms with van der Waals surface area (Å²) in [6.07, 6.45) is 2.74. The Labute approximate surface area is 248 Å². The predicted molar refractivity (Wildman–Crippen MR) is 164 cm³/mol. The van der Waals surface area contributed by atoms with Crippen LogP contribution in [0, 0.1) is 6.92 Å². The molecule has 1 fully saturated rings. The fourth-order valence-corrected chi connectivity index (χ4v) is 5.08. The Bertz CT molecular complexity index is 1550. The molecule has 1 aromatic heterocycles. The van der Waals surface area contributed by atoms with Gasteiger partial charge in [0.25, 0.3) is 5.91 Å². The molecule has 3 aromatic rings. The van der Waals surface area contributed by atoms with Crippen LogP contribution in [-0.2, 0) is 22.0 Å². The second-order valence-electron chi connectivity index (χ2n) is 11.7. The predicted octanol–water partition coefficient (Wildman–Crippen LogP) is 4.25. The number of carbonyl (C=O) groups is 1. The number of anilines is 2. The van der Waals surface area contributed by atoms with Gasteiger partial charge in [0.1, 0.15) is 11.6 Å². The minimum atomic E-state index is -3.60. The summed E-state index contributed by atoms with van der Waals surface area (Å²) < 4.78 is 38.3. The zero-order valence-corrected chi connectivity index (χ0v) is 26.1. The van der Waals surface area contributed by atoms with E-state index in [1.165, 1.54) is 7.11 Å². The smallest absolute Gasteiger partial charge is 0.255 e. The van der Waals surface area contributed by atoms with E-state index in [9.17, 15) is 13.2 Å². The lowest BCUT2D eigenvalue weighted by molar-refractivity contribution is 0.102. The number of likely N-dealkylation sites (N-methyl/N-ethyl adjacent to an activating group) is 1. The molecule has 1 amide bonds. The molecule has 1 aliphatic heterocycles. The Kier molecular flexibility index (Phi) is 9.39. The van der Waals surface area contributed by atoms with Gasteiger partial charge in [0.2, 0.25) is 15.9 Å². The van der Waals surface area contributed by atoms with Crippen molar-refractivity contribution in [3.63, 3.8) is 0 Å². The summed E-state index contributed by atoms with van der Waals surface area (Å²) in [5, 5.41) is 2.90. The molecule has 226 valence electrons. The molecular formula is C30H40N6O5S. The van der Waals surface area contributed by atoms with Gasteiger partial charge in [0.05, 0.1) is 31.3 Å². The molecule has 4 rings (SSSR count).